The Labute approximate surface area is 249 Å². The lowest BCUT2D eigenvalue weighted by Gasteiger charge is -2.27. The minimum atomic E-state index is -0.820. The molecule has 2 aliphatic rings. The molecule has 2 aromatic heterocycles. The standard InChI is InChI=1S/C29H31BrClN3O5S/c1-4-9-21-24(28(36)38-5-2)25(19-14-17(31)10-11-22(19)37-3)34-26(35)23(40-29(34)32-21)16-18-15-20(30)27(39-18)33-12-7-6-8-13-33/h10-11,14-16,25H,4-9,12-13H2,1-3H3/b23-16+/t25-/m0/s1. The lowest BCUT2D eigenvalue weighted by atomic mass is 9.93. The minimum Gasteiger partial charge on any atom is -0.496 e. The van der Waals surface area contributed by atoms with E-state index in [4.69, 9.17) is 30.5 Å². The molecule has 2 aliphatic heterocycles. The quantitative estimate of drug-likeness (QED) is 0.296. The molecule has 1 saturated heterocycles. The Balaban J connectivity index is 1.71. The summed E-state index contributed by atoms with van der Waals surface area (Å²) < 4.78 is 20.2. The van der Waals surface area contributed by atoms with E-state index < -0.39 is 12.0 Å². The molecular formula is C29H31BrClN3O5S. The number of carbonyl (C=O) groups excluding carboxylic acids is 1. The van der Waals surface area contributed by atoms with Crippen LogP contribution in [0, 0.1) is 0 Å². The van der Waals surface area contributed by atoms with Crippen molar-refractivity contribution in [2.24, 2.45) is 4.99 Å². The predicted octanol–water partition coefficient (Wildman–Crippen LogP) is 5.59. The van der Waals surface area contributed by atoms with Crippen molar-refractivity contribution in [3.05, 3.63) is 76.0 Å². The van der Waals surface area contributed by atoms with Gasteiger partial charge < -0.3 is 18.8 Å². The van der Waals surface area contributed by atoms with E-state index in [1.54, 1.807) is 42.9 Å². The number of rotatable bonds is 8. The van der Waals surface area contributed by atoms with Crippen LogP contribution >= 0.6 is 38.9 Å². The first kappa shape index (κ1) is 28.7. The van der Waals surface area contributed by atoms with E-state index in [9.17, 15) is 9.59 Å². The lowest BCUT2D eigenvalue weighted by molar-refractivity contribution is -0.139. The Morgan fingerprint density at radius 2 is 2.02 bits per heavy atom. The van der Waals surface area contributed by atoms with Gasteiger partial charge in [-0.3, -0.25) is 9.36 Å². The molecule has 0 unspecified atom stereocenters. The number of benzene rings is 1. The number of piperidine rings is 1. The summed E-state index contributed by atoms with van der Waals surface area (Å²) in [7, 11) is 1.55. The maximum Gasteiger partial charge on any atom is 0.338 e. The van der Waals surface area contributed by atoms with E-state index in [-0.39, 0.29) is 12.2 Å². The summed E-state index contributed by atoms with van der Waals surface area (Å²) in [6.07, 6.45) is 6.50. The Morgan fingerprint density at radius 1 is 1.25 bits per heavy atom. The zero-order chi connectivity index (χ0) is 28.4. The van der Waals surface area contributed by atoms with Gasteiger partial charge in [0.05, 0.1) is 34.0 Å². The Morgan fingerprint density at radius 3 is 2.73 bits per heavy atom. The first-order valence-electron chi connectivity index (χ1n) is 13.5. The second kappa shape index (κ2) is 12.4. The van der Waals surface area contributed by atoms with Crippen LogP contribution in [0.1, 0.15) is 63.3 Å². The van der Waals surface area contributed by atoms with Crippen molar-refractivity contribution in [1.82, 2.24) is 4.57 Å². The van der Waals surface area contributed by atoms with E-state index in [2.05, 4.69) is 20.8 Å². The van der Waals surface area contributed by atoms with Crippen LogP contribution in [0.4, 0.5) is 5.88 Å². The SMILES string of the molecule is CCCC1=C(C(=O)OCC)[C@H](c2cc(Cl)ccc2OC)n2c(s/c(=C/c3cc(Br)c(N4CCCCC4)o3)c2=O)=N1. The molecule has 1 atom stereocenters. The van der Waals surface area contributed by atoms with Crippen molar-refractivity contribution in [2.45, 2.75) is 52.0 Å². The highest BCUT2D eigenvalue weighted by Gasteiger charge is 2.36. The number of methoxy groups -OCH3 is 1. The number of hydrogen-bond acceptors (Lipinski definition) is 8. The third kappa shape index (κ3) is 5.53. The molecule has 4 heterocycles. The van der Waals surface area contributed by atoms with Gasteiger partial charge in [0, 0.05) is 35.8 Å². The number of ether oxygens (including phenoxy) is 2. The molecule has 8 nitrogen and oxygen atoms in total. The smallest absolute Gasteiger partial charge is 0.338 e. The topological polar surface area (TPSA) is 86.3 Å². The van der Waals surface area contributed by atoms with Gasteiger partial charge in [0.15, 0.2) is 4.80 Å². The minimum absolute atomic E-state index is 0.193. The predicted molar refractivity (Wildman–Crippen MR) is 160 cm³/mol. The average Bonchev–Trinajstić information content (AvgIpc) is 3.47. The van der Waals surface area contributed by atoms with Crippen LogP contribution in [0.2, 0.25) is 5.02 Å². The second-order valence-electron chi connectivity index (χ2n) is 9.65. The van der Waals surface area contributed by atoms with Crippen molar-refractivity contribution in [3.8, 4) is 5.75 Å². The molecule has 40 heavy (non-hydrogen) atoms. The zero-order valence-electron chi connectivity index (χ0n) is 22.7. The monoisotopic (exact) mass is 647 g/mol. The van der Waals surface area contributed by atoms with Crippen molar-refractivity contribution < 1.29 is 18.7 Å². The largest absolute Gasteiger partial charge is 0.496 e. The molecule has 5 rings (SSSR count). The normalized spacial score (nSPS) is 17.6. The third-order valence-corrected chi connectivity index (χ3v) is 8.77. The van der Waals surface area contributed by atoms with Crippen LogP contribution in [-0.4, -0.2) is 37.3 Å². The summed E-state index contributed by atoms with van der Waals surface area (Å²) in [4.78, 5) is 35.0. The van der Waals surface area contributed by atoms with Gasteiger partial charge in [0.1, 0.15) is 17.6 Å². The Hall–Kier alpha value is -2.82. The van der Waals surface area contributed by atoms with E-state index in [0.717, 1.165) is 42.7 Å². The molecule has 212 valence electrons. The number of esters is 1. The van der Waals surface area contributed by atoms with Gasteiger partial charge in [-0.05, 0) is 66.7 Å². The Kier molecular flexibility index (Phi) is 8.87. The van der Waals surface area contributed by atoms with Crippen molar-refractivity contribution >= 4 is 56.8 Å². The van der Waals surface area contributed by atoms with Crippen LogP contribution in [0.5, 0.6) is 5.75 Å². The first-order valence-corrected chi connectivity index (χ1v) is 15.4. The average molecular weight is 649 g/mol. The molecule has 0 saturated carbocycles. The zero-order valence-corrected chi connectivity index (χ0v) is 25.8. The lowest BCUT2D eigenvalue weighted by Crippen LogP contribution is -2.40. The summed E-state index contributed by atoms with van der Waals surface area (Å²) in [5.74, 6) is 1.32. The summed E-state index contributed by atoms with van der Waals surface area (Å²) in [5, 5.41) is 0.459. The summed E-state index contributed by atoms with van der Waals surface area (Å²) in [5.41, 5.74) is 1.20. The van der Waals surface area contributed by atoms with Crippen LogP contribution < -0.4 is 24.5 Å². The number of thiazole rings is 1. The fraction of sp³-hybridized carbons (Fsp3) is 0.414. The molecule has 0 amide bonds. The van der Waals surface area contributed by atoms with Gasteiger partial charge in [-0.2, -0.15) is 0 Å². The van der Waals surface area contributed by atoms with E-state index >= 15 is 0 Å². The van der Waals surface area contributed by atoms with Crippen LogP contribution in [0.3, 0.4) is 0 Å². The van der Waals surface area contributed by atoms with Crippen molar-refractivity contribution in [2.75, 3.05) is 31.7 Å². The van der Waals surface area contributed by atoms with Crippen molar-refractivity contribution in [1.29, 1.82) is 0 Å². The van der Waals surface area contributed by atoms with Gasteiger partial charge in [0.2, 0.25) is 5.88 Å². The number of furan rings is 1. The van der Waals surface area contributed by atoms with Gasteiger partial charge >= 0.3 is 5.97 Å². The highest BCUT2D eigenvalue weighted by atomic mass is 79.9. The maximum atomic E-state index is 14.0. The maximum absolute atomic E-state index is 14.0. The first-order chi connectivity index (χ1) is 19.4. The van der Waals surface area contributed by atoms with Gasteiger partial charge in [-0.1, -0.05) is 36.3 Å². The third-order valence-electron chi connectivity index (χ3n) is 6.98. The number of fused-ring (bicyclic) bond motifs is 1. The fourth-order valence-electron chi connectivity index (χ4n) is 5.22. The summed E-state index contributed by atoms with van der Waals surface area (Å²) in [6, 6.07) is 6.23. The molecule has 0 radical (unpaired) electrons. The molecule has 0 N–H and O–H groups in total. The molecule has 1 fully saturated rings. The number of nitrogens with zero attached hydrogens (tertiary/aromatic N) is 3. The molecule has 0 bridgehead atoms. The van der Waals surface area contributed by atoms with Crippen molar-refractivity contribution in [3.63, 3.8) is 0 Å². The van der Waals surface area contributed by atoms with E-state index in [1.165, 1.54) is 17.8 Å². The molecular weight excluding hydrogens is 618 g/mol. The molecule has 3 aromatic rings. The summed E-state index contributed by atoms with van der Waals surface area (Å²) in [6.45, 7) is 5.84. The number of halogens is 2. The van der Waals surface area contributed by atoms with Gasteiger partial charge in [0.25, 0.3) is 5.56 Å². The molecule has 0 aliphatic carbocycles. The number of carbonyl (C=O) groups is 1. The number of anilines is 1. The highest BCUT2D eigenvalue weighted by Crippen LogP contribution is 2.38. The summed E-state index contributed by atoms with van der Waals surface area (Å²) >= 11 is 11.3. The molecule has 0 spiro atoms. The fourth-order valence-corrected chi connectivity index (χ4v) is 6.96. The molecule has 1 aromatic carbocycles. The highest BCUT2D eigenvalue weighted by molar-refractivity contribution is 9.10. The molecule has 11 heteroatoms. The number of allylic oxidation sites excluding steroid dienone is 1. The number of aromatic nitrogens is 1. The van der Waals surface area contributed by atoms with Crippen LogP contribution in [0.25, 0.3) is 6.08 Å². The van der Waals surface area contributed by atoms with E-state index in [0.29, 0.717) is 49.1 Å². The van der Waals surface area contributed by atoms with E-state index in [1.807, 2.05) is 13.0 Å². The Bertz CT molecular complexity index is 1630. The van der Waals surface area contributed by atoms with Crippen LogP contribution in [-0.2, 0) is 9.53 Å². The van der Waals surface area contributed by atoms with Crippen LogP contribution in [0.15, 0.2) is 54.2 Å². The number of hydrogen-bond donors (Lipinski definition) is 0. The second-order valence-corrected chi connectivity index (χ2v) is 11.9. The van der Waals surface area contributed by atoms with Gasteiger partial charge in [-0.25, -0.2) is 9.79 Å². The van der Waals surface area contributed by atoms with Gasteiger partial charge in [-0.15, -0.1) is 0 Å².